The Kier molecular flexibility index (Phi) is 4.47. The van der Waals surface area contributed by atoms with E-state index in [0.717, 1.165) is 5.33 Å². The molecule has 17 heavy (non-hydrogen) atoms. The number of rotatable bonds is 4. The van der Waals surface area contributed by atoms with Crippen molar-refractivity contribution in [3.05, 3.63) is 28.5 Å². The first-order valence-electron chi connectivity index (χ1n) is 5.79. The van der Waals surface area contributed by atoms with Gasteiger partial charge >= 0.3 is 0 Å². The van der Waals surface area contributed by atoms with Gasteiger partial charge in [0.15, 0.2) is 0 Å². The van der Waals surface area contributed by atoms with Crippen molar-refractivity contribution in [3.63, 3.8) is 0 Å². The largest absolute Gasteiger partial charge is 0.493 e. The minimum absolute atomic E-state index is 0.240. The van der Waals surface area contributed by atoms with Crippen molar-refractivity contribution < 1.29 is 9.13 Å². The lowest BCUT2D eigenvalue weighted by Gasteiger charge is -2.26. The van der Waals surface area contributed by atoms with E-state index >= 15 is 0 Å². The van der Waals surface area contributed by atoms with Crippen LogP contribution in [0.4, 0.5) is 4.39 Å². The van der Waals surface area contributed by atoms with E-state index in [9.17, 15) is 4.39 Å². The van der Waals surface area contributed by atoms with Gasteiger partial charge < -0.3 is 4.74 Å². The highest BCUT2D eigenvalue weighted by Crippen LogP contribution is 2.40. The highest BCUT2D eigenvalue weighted by molar-refractivity contribution is 9.10. The van der Waals surface area contributed by atoms with Gasteiger partial charge in [0.05, 0.1) is 11.1 Å². The highest BCUT2D eigenvalue weighted by Gasteiger charge is 2.33. The minimum Gasteiger partial charge on any atom is -0.493 e. The summed E-state index contributed by atoms with van der Waals surface area (Å²) in [6.07, 6.45) is 4.92. The predicted octanol–water partition coefficient (Wildman–Crippen LogP) is 4.92. The molecular formula is C13H15Br2FO. The lowest BCUT2D eigenvalue weighted by molar-refractivity contribution is 0.173. The summed E-state index contributed by atoms with van der Waals surface area (Å²) < 4.78 is 19.5. The molecule has 1 aliphatic rings. The van der Waals surface area contributed by atoms with Crippen LogP contribution in [0.3, 0.4) is 0 Å². The first kappa shape index (κ1) is 13.3. The molecule has 1 aromatic rings. The van der Waals surface area contributed by atoms with E-state index in [1.807, 2.05) is 0 Å². The van der Waals surface area contributed by atoms with Crippen LogP contribution in [0, 0.1) is 11.2 Å². The molecule has 0 aromatic heterocycles. The second-order valence-corrected chi connectivity index (χ2v) is 6.12. The molecule has 0 amide bonds. The Morgan fingerprint density at radius 3 is 2.59 bits per heavy atom. The molecule has 0 saturated heterocycles. The van der Waals surface area contributed by atoms with Gasteiger partial charge in [-0.3, -0.25) is 0 Å². The summed E-state index contributed by atoms with van der Waals surface area (Å²) in [7, 11) is 0. The van der Waals surface area contributed by atoms with Crippen LogP contribution in [0.25, 0.3) is 0 Å². The number of ether oxygens (including phenoxy) is 1. The van der Waals surface area contributed by atoms with Crippen LogP contribution in [0.5, 0.6) is 5.75 Å². The summed E-state index contributed by atoms with van der Waals surface area (Å²) in [4.78, 5) is 0. The Balaban J connectivity index is 1.99. The summed E-state index contributed by atoms with van der Waals surface area (Å²) in [6, 6.07) is 4.91. The number of alkyl halides is 1. The topological polar surface area (TPSA) is 9.23 Å². The molecule has 94 valence electrons. The van der Waals surface area contributed by atoms with Crippen LogP contribution < -0.4 is 4.74 Å². The first-order chi connectivity index (χ1) is 8.15. The molecule has 1 fully saturated rings. The average Bonchev–Trinajstić information content (AvgIpc) is 2.80. The van der Waals surface area contributed by atoms with Crippen molar-refractivity contribution >= 4 is 31.9 Å². The van der Waals surface area contributed by atoms with Crippen LogP contribution in [-0.4, -0.2) is 11.9 Å². The van der Waals surface area contributed by atoms with Crippen LogP contribution in [0.1, 0.15) is 25.7 Å². The summed E-state index contributed by atoms with van der Waals surface area (Å²) in [6.45, 7) is 0.666. The van der Waals surface area contributed by atoms with Gasteiger partial charge in [0.2, 0.25) is 0 Å². The van der Waals surface area contributed by atoms with Gasteiger partial charge in [0.25, 0.3) is 0 Å². The van der Waals surface area contributed by atoms with Crippen molar-refractivity contribution in [2.24, 2.45) is 5.41 Å². The number of hydrogen-bond acceptors (Lipinski definition) is 1. The quantitative estimate of drug-likeness (QED) is 0.688. The van der Waals surface area contributed by atoms with Gasteiger partial charge in [-0.05, 0) is 40.9 Å². The molecule has 1 aliphatic carbocycles. The lowest BCUT2D eigenvalue weighted by atomic mass is 9.90. The molecule has 0 heterocycles. The number of hydrogen-bond donors (Lipinski definition) is 0. The molecule has 2 rings (SSSR count). The monoisotopic (exact) mass is 364 g/mol. The van der Waals surface area contributed by atoms with Gasteiger partial charge in [0, 0.05) is 16.8 Å². The normalized spacial score (nSPS) is 18.3. The molecule has 1 nitrogen and oxygen atoms in total. The molecular weight excluding hydrogens is 351 g/mol. The minimum atomic E-state index is -0.276. The van der Waals surface area contributed by atoms with E-state index < -0.39 is 0 Å². The zero-order valence-corrected chi connectivity index (χ0v) is 12.7. The molecule has 0 aliphatic heterocycles. The van der Waals surface area contributed by atoms with Crippen molar-refractivity contribution in [1.29, 1.82) is 0 Å². The number of benzene rings is 1. The van der Waals surface area contributed by atoms with E-state index in [1.165, 1.54) is 31.7 Å². The third kappa shape index (κ3) is 3.22. The fraction of sp³-hybridized carbons (Fsp3) is 0.538. The maximum Gasteiger partial charge on any atom is 0.141 e. The molecule has 4 heteroatoms. The van der Waals surface area contributed by atoms with Crippen LogP contribution >= 0.6 is 31.9 Å². The fourth-order valence-electron chi connectivity index (χ4n) is 2.24. The maximum absolute atomic E-state index is 13.3. The third-order valence-corrected chi connectivity index (χ3v) is 5.22. The van der Waals surface area contributed by atoms with Crippen LogP contribution in [-0.2, 0) is 0 Å². The van der Waals surface area contributed by atoms with Crippen LogP contribution in [0.15, 0.2) is 22.7 Å². The van der Waals surface area contributed by atoms with Crippen molar-refractivity contribution in [2.75, 3.05) is 11.9 Å². The van der Waals surface area contributed by atoms with Crippen LogP contribution in [0.2, 0.25) is 0 Å². The van der Waals surface area contributed by atoms with Gasteiger partial charge in [-0.25, -0.2) is 4.39 Å². The SMILES string of the molecule is Fc1cc(OCC2(CBr)CCCC2)ccc1Br. The molecule has 1 saturated carbocycles. The lowest BCUT2D eigenvalue weighted by Crippen LogP contribution is -2.27. The Hall–Kier alpha value is -0.0900. The Bertz CT molecular complexity index is 389. The third-order valence-electron chi connectivity index (χ3n) is 3.38. The maximum atomic E-state index is 13.3. The summed E-state index contributed by atoms with van der Waals surface area (Å²) in [5, 5.41) is 0.957. The highest BCUT2D eigenvalue weighted by atomic mass is 79.9. The van der Waals surface area contributed by atoms with Gasteiger partial charge in [-0.15, -0.1) is 0 Å². The summed E-state index contributed by atoms with van der Waals surface area (Å²) >= 11 is 6.70. The average molecular weight is 366 g/mol. The van der Waals surface area contributed by atoms with Gasteiger partial charge in [0.1, 0.15) is 11.6 Å². The summed E-state index contributed by atoms with van der Waals surface area (Å²) in [5.41, 5.74) is 0.240. The van der Waals surface area contributed by atoms with E-state index in [-0.39, 0.29) is 11.2 Å². The Morgan fingerprint density at radius 1 is 1.29 bits per heavy atom. The second kappa shape index (κ2) is 5.70. The van der Waals surface area contributed by atoms with Crippen molar-refractivity contribution in [3.8, 4) is 5.75 Å². The molecule has 1 aromatic carbocycles. The van der Waals surface area contributed by atoms with E-state index in [1.54, 1.807) is 12.1 Å². The zero-order chi connectivity index (χ0) is 12.3. The fourth-order valence-corrected chi connectivity index (χ4v) is 3.21. The summed E-state index contributed by atoms with van der Waals surface area (Å²) in [5.74, 6) is 0.333. The van der Waals surface area contributed by atoms with E-state index in [2.05, 4.69) is 31.9 Å². The van der Waals surface area contributed by atoms with Crippen molar-refractivity contribution in [1.82, 2.24) is 0 Å². The second-order valence-electron chi connectivity index (χ2n) is 4.71. The first-order valence-corrected chi connectivity index (χ1v) is 7.70. The Labute approximate surface area is 118 Å². The van der Waals surface area contributed by atoms with E-state index in [0.29, 0.717) is 16.8 Å². The molecule has 0 spiro atoms. The molecule has 0 N–H and O–H groups in total. The predicted molar refractivity (Wildman–Crippen MR) is 74.3 cm³/mol. The van der Waals surface area contributed by atoms with E-state index in [4.69, 9.17) is 4.74 Å². The molecule has 0 radical (unpaired) electrons. The van der Waals surface area contributed by atoms with Gasteiger partial charge in [-0.2, -0.15) is 0 Å². The van der Waals surface area contributed by atoms with Gasteiger partial charge in [-0.1, -0.05) is 28.8 Å². The smallest absolute Gasteiger partial charge is 0.141 e. The van der Waals surface area contributed by atoms with Crippen molar-refractivity contribution in [2.45, 2.75) is 25.7 Å². The Morgan fingerprint density at radius 2 is 2.00 bits per heavy atom. The molecule has 0 unspecified atom stereocenters. The molecule has 0 atom stereocenters. The standard InChI is InChI=1S/C13H15Br2FO/c14-8-13(5-1-2-6-13)9-17-10-3-4-11(15)12(16)7-10/h3-4,7H,1-2,5-6,8-9H2. The molecule has 0 bridgehead atoms. The number of halogens is 3. The zero-order valence-electron chi connectivity index (χ0n) is 9.52.